The molecule has 3 aromatic rings. The van der Waals surface area contributed by atoms with E-state index < -0.39 is 17.7 Å². The number of hydrogen-bond donors (Lipinski definition) is 1. The number of benzene rings is 3. The minimum Gasteiger partial charge on any atom is -0.507 e. The minimum absolute atomic E-state index is 0.0118. The van der Waals surface area contributed by atoms with E-state index in [1.54, 1.807) is 43.5 Å². The fourth-order valence-corrected chi connectivity index (χ4v) is 4.52. The van der Waals surface area contributed by atoms with Crippen LogP contribution in [0.2, 0.25) is 0 Å². The van der Waals surface area contributed by atoms with Crippen LogP contribution < -0.4 is 14.4 Å². The summed E-state index contributed by atoms with van der Waals surface area (Å²) in [4.78, 5) is 28.5. The predicted molar refractivity (Wildman–Crippen MR) is 141 cm³/mol. The summed E-state index contributed by atoms with van der Waals surface area (Å²) in [6, 6.07) is 19.2. The highest BCUT2D eigenvalue weighted by molar-refractivity contribution is 6.51. The van der Waals surface area contributed by atoms with Gasteiger partial charge in [-0.3, -0.25) is 14.5 Å². The number of nitrogens with zero attached hydrogens (tertiary/aromatic N) is 1. The molecule has 1 saturated heterocycles. The predicted octanol–water partition coefficient (Wildman–Crippen LogP) is 5.94. The minimum atomic E-state index is -0.833. The van der Waals surface area contributed by atoms with E-state index in [-0.39, 0.29) is 16.7 Å². The van der Waals surface area contributed by atoms with Crippen LogP contribution in [0.4, 0.5) is 5.69 Å². The fourth-order valence-electron chi connectivity index (χ4n) is 4.52. The van der Waals surface area contributed by atoms with Crippen molar-refractivity contribution in [2.45, 2.75) is 39.2 Å². The molecule has 4 rings (SSSR count). The van der Waals surface area contributed by atoms with E-state index in [0.717, 1.165) is 11.1 Å². The van der Waals surface area contributed by atoms with Gasteiger partial charge >= 0.3 is 0 Å². The molecule has 1 N–H and O–H groups in total. The quantitative estimate of drug-likeness (QED) is 0.275. The lowest BCUT2D eigenvalue weighted by Gasteiger charge is -2.27. The summed E-state index contributed by atoms with van der Waals surface area (Å²) in [5, 5.41) is 11.7. The molecule has 1 fully saturated rings. The van der Waals surface area contributed by atoms with Gasteiger partial charge in [-0.2, -0.15) is 0 Å². The van der Waals surface area contributed by atoms with E-state index in [1.807, 2.05) is 37.3 Å². The van der Waals surface area contributed by atoms with E-state index in [4.69, 9.17) is 9.47 Å². The zero-order valence-corrected chi connectivity index (χ0v) is 21.5. The Kier molecular flexibility index (Phi) is 6.63. The summed E-state index contributed by atoms with van der Waals surface area (Å²) in [6.07, 6.45) is 0. The number of aliphatic hydroxyl groups excluding tert-OH is 1. The molecule has 186 valence electrons. The Morgan fingerprint density at radius 2 is 1.58 bits per heavy atom. The van der Waals surface area contributed by atoms with Crippen LogP contribution in [0, 0.1) is 6.92 Å². The van der Waals surface area contributed by atoms with Gasteiger partial charge in [0, 0.05) is 5.69 Å². The van der Waals surface area contributed by atoms with Crippen molar-refractivity contribution in [1.29, 1.82) is 0 Å². The lowest BCUT2D eigenvalue weighted by molar-refractivity contribution is -0.132. The number of ketones is 1. The topological polar surface area (TPSA) is 76.1 Å². The third kappa shape index (κ3) is 4.35. The van der Waals surface area contributed by atoms with Crippen molar-refractivity contribution < 1.29 is 24.2 Å². The highest BCUT2D eigenvalue weighted by Crippen LogP contribution is 2.44. The van der Waals surface area contributed by atoms with Crippen molar-refractivity contribution in [3.63, 3.8) is 0 Å². The first-order valence-corrected chi connectivity index (χ1v) is 11.8. The van der Waals surface area contributed by atoms with E-state index >= 15 is 0 Å². The highest BCUT2D eigenvalue weighted by atomic mass is 16.5. The van der Waals surface area contributed by atoms with Crippen LogP contribution in [0.3, 0.4) is 0 Å². The molecule has 0 bridgehead atoms. The molecule has 1 aliphatic rings. The van der Waals surface area contributed by atoms with E-state index in [2.05, 4.69) is 20.8 Å². The summed E-state index contributed by atoms with van der Waals surface area (Å²) < 4.78 is 10.8. The number of carbonyl (C=O) groups excluding carboxylic acids is 2. The van der Waals surface area contributed by atoms with Crippen molar-refractivity contribution in [2.24, 2.45) is 0 Å². The van der Waals surface area contributed by atoms with Gasteiger partial charge in [-0.1, -0.05) is 57.2 Å². The largest absolute Gasteiger partial charge is 0.507 e. The second-order valence-electron chi connectivity index (χ2n) is 9.89. The third-order valence-corrected chi connectivity index (χ3v) is 6.57. The number of methoxy groups -OCH3 is 2. The Morgan fingerprint density at radius 3 is 2.17 bits per heavy atom. The number of rotatable bonds is 5. The fraction of sp³-hybridized carbons (Fsp3) is 0.267. The number of aliphatic hydroxyl groups is 1. The number of hydrogen-bond acceptors (Lipinski definition) is 5. The Bertz CT molecular complexity index is 1350. The van der Waals surface area contributed by atoms with Crippen molar-refractivity contribution >= 4 is 23.1 Å². The molecule has 3 aromatic carbocycles. The molecule has 36 heavy (non-hydrogen) atoms. The van der Waals surface area contributed by atoms with Gasteiger partial charge in [0.25, 0.3) is 11.7 Å². The zero-order valence-electron chi connectivity index (χ0n) is 21.5. The van der Waals surface area contributed by atoms with Crippen molar-refractivity contribution in [3.05, 3.63) is 94.6 Å². The van der Waals surface area contributed by atoms with Gasteiger partial charge in [0.15, 0.2) is 0 Å². The first-order chi connectivity index (χ1) is 17.1. The molecule has 1 aliphatic heterocycles. The van der Waals surface area contributed by atoms with E-state index in [1.165, 1.54) is 12.0 Å². The summed E-state index contributed by atoms with van der Waals surface area (Å²) in [6.45, 7) is 8.07. The van der Waals surface area contributed by atoms with Gasteiger partial charge in [-0.15, -0.1) is 0 Å². The standard InChI is InChI=1S/C30H31NO5/c1-18-9-7-8-10-23(18)31-26(19-11-14-21(35-5)15-12-19)25(28(33)29(31)34)27(32)22-17-20(30(2,3)4)13-16-24(22)36-6/h7-17,26,32H,1-6H3/b27-25+. The van der Waals surface area contributed by atoms with Gasteiger partial charge in [0.05, 0.1) is 31.4 Å². The van der Waals surface area contributed by atoms with Gasteiger partial charge in [-0.05, 0) is 59.4 Å². The molecule has 0 aromatic heterocycles. The maximum Gasteiger partial charge on any atom is 0.300 e. The summed E-state index contributed by atoms with van der Waals surface area (Å²) in [7, 11) is 3.08. The maximum atomic E-state index is 13.5. The molecule has 1 heterocycles. The molecule has 6 heteroatoms. The normalized spacial score (nSPS) is 17.4. The van der Waals surface area contributed by atoms with Crippen LogP contribution >= 0.6 is 0 Å². The van der Waals surface area contributed by atoms with Crippen LogP contribution in [0.15, 0.2) is 72.3 Å². The monoisotopic (exact) mass is 485 g/mol. The van der Waals surface area contributed by atoms with Crippen molar-refractivity contribution in [3.8, 4) is 11.5 Å². The van der Waals surface area contributed by atoms with Crippen LogP contribution in [-0.2, 0) is 15.0 Å². The number of ether oxygens (including phenoxy) is 2. The van der Waals surface area contributed by atoms with Crippen LogP contribution in [0.25, 0.3) is 5.76 Å². The van der Waals surface area contributed by atoms with E-state index in [9.17, 15) is 14.7 Å². The molecule has 6 nitrogen and oxygen atoms in total. The Morgan fingerprint density at radius 1 is 0.917 bits per heavy atom. The van der Waals surface area contributed by atoms with E-state index in [0.29, 0.717) is 28.3 Å². The molecule has 1 unspecified atom stereocenters. The molecule has 0 radical (unpaired) electrons. The molecule has 1 amide bonds. The zero-order chi connectivity index (χ0) is 26.2. The third-order valence-electron chi connectivity index (χ3n) is 6.57. The SMILES string of the molecule is COc1ccc(C2/C(=C(\O)c3cc(C(C)(C)C)ccc3OC)C(=O)C(=O)N2c2ccccc2C)cc1. The number of Topliss-reactive ketones (excluding diaryl/α,β-unsaturated/α-hetero) is 1. The molecular formula is C30H31NO5. The van der Waals surface area contributed by atoms with Crippen LogP contribution in [0.5, 0.6) is 11.5 Å². The summed E-state index contributed by atoms with van der Waals surface area (Å²) in [5.74, 6) is -0.659. The number of anilines is 1. The average Bonchev–Trinajstić information content (AvgIpc) is 3.13. The maximum absolute atomic E-state index is 13.5. The van der Waals surface area contributed by atoms with Crippen molar-refractivity contribution in [1.82, 2.24) is 0 Å². The Labute approximate surface area is 211 Å². The number of para-hydroxylation sites is 1. The lowest BCUT2D eigenvalue weighted by atomic mass is 9.85. The molecular weight excluding hydrogens is 454 g/mol. The smallest absolute Gasteiger partial charge is 0.300 e. The van der Waals surface area contributed by atoms with Gasteiger partial charge < -0.3 is 14.6 Å². The average molecular weight is 486 g/mol. The van der Waals surface area contributed by atoms with Crippen molar-refractivity contribution in [2.75, 3.05) is 19.1 Å². The summed E-state index contributed by atoms with van der Waals surface area (Å²) >= 11 is 0. The second kappa shape index (κ2) is 9.53. The van der Waals surface area contributed by atoms with Gasteiger partial charge in [0.2, 0.25) is 0 Å². The Hall–Kier alpha value is -4.06. The molecule has 0 aliphatic carbocycles. The Balaban J connectivity index is 2.00. The number of amides is 1. The number of carbonyl (C=O) groups is 2. The summed E-state index contributed by atoms with van der Waals surface area (Å²) in [5.41, 5.74) is 3.25. The highest BCUT2D eigenvalue weighted by Gasteiger charge is 2.47. The first-order valence-electron chi connectivity index (χ1n) is 11.8. The molecule has 0 spiro atoms. The molecule has 0 saturated carbocycles. The number of aryl methyl sites for hydroxylation is 1. The first kappa shape index (κ1) is 25.0. The van der Waals surface area contributed by atoms with Crippen LogP contribution in [0.1, 0.15) is 49.1 Å². The van der Waals surface area contributed by atoms with Gasteiger partial charge in [0.1, 0.15) is 17.3 Å². The van der Waals surface area contributed by atoms with Gasteiger partial charge in [-0.25, -0.2) is 0 Å². The lowest BCUT2D eigenvalue weighted by Crippen LogP contribution is -2.30. The second-order valence-corrected chi connectivity index (χ2v) is 9.89. The van der Waals surface area contributed by atoms with Crippen LogP contribution in [-0.4, -0.2) is 31.0 Å². The molecule has 1 atom stereocenters.